The molecule has 2 atom stereocenters. The van der Waals surface area contributed by atoms with Gasteiger partial charge in [-0.25, -0.2) is 9.97 Å². The molecule has 3 heterocycles. The average Bonchev–Trinajstić information content (AvgIpc) is 3.04. The molecule has 3 aromatic rings. The van der Waals surface area contributed by atoms with Gasteiger partial charge in [-0.1, -0.05) is 12.1 Å². The van der Waals surface area contributed by atoms with Crippen molar-refractivity contribution in [1.82, 2.24) is 20.3 Å². The SMILES string of the molecule is CC1CC(c2ncc3[nH]c(-c4cccc(C(F)(F)F)c4)cc3n2)CCN1. The summed E-state index contributed by atoms with van der Waals surface area (Å²) >= 11 is 0. The lowest BCUT2D eigenvalue weighted by Crippen LogP contribution is -2.35. The zero-order valence-electron chi connectivity index (χ0n) is 14.3. The molecule has 0 spiro atoms. The van der Waals surface area contributed by atoms with Gasteiger partial charge in [-0.3, -0.25) is 0 Å². The second-order valence-corrected chi connectivity index (χ2v) is 6.87. The molecular formula is C19H19F3N4. The monoisotopic (exact) mass is 360 g/mol. The molecule has 0 bridgehead atoms. The van der Waals surface area contributed by atoms with Crippen LogP contribution in [-0.4, -0.2) is 27.5 Å². The summed E-state index contributed by atoms with van der Waals surface area (Å²) in [5, 5.41) is 3.41. The second-order valence-electron chi connectivity index (χ2n) is 6.87. The molecule has 2 aromatic heterocycles. The van der Waals surface area contributed by atoms with Crippen LogP contribution in [0.5, 0.6) is 0 Å². The molecule has 136 valence electrons. The highest BCUT2D eigenvalue weighted by molar-refractivity contribution is 5.82. The van der Waals surface area contributed by atoms with Crippen molar-refractivity contribution in [2.75, 3.05) is 6.54 Å². The Labute approximate surface area is 148 Å². The molecule has 0 saturated carbocycles. The minimum Gasteiger partial charge on any atom is -0.352 e. The van der Waals surface area contributed by atoms with Gasteiger partial charge in [0.15, 0.2) is 0 Å². The number of hydrogen-bond acceptors (Lipinski definition) is 3. The minimum atomic E-state index is -4.36. The van der Waals surface area contributed by atoms with Crippen molar-refractivity contribution >= 4 is 11.0 Å². The number of aromatic nitrogens is 3. The Morgan fingerprint density at radius 2 is 2.04 bits per heavy atom. The standard InChI is InChI=1S/C19H19F3N4/c1-11-7-13(5-6-23-11)18-24-10-17-16(26-18)9-15(25-17)12-3-2-4-14(8-12)19(20,21)22/h2-4,8-11,13,23,25H,5-7H2,1H3. The van der Waals surface area contributed by atoms with Crippen LogP contribution in [0, 0.1) is 0 Å². The largest absolute Gasteiger partial charge is 0.416 e. The quantitative estimate of drug-likeness (QED) is 0.707. The molecule has 1 saturated heterocycles. The van der Waals surface area contributed by atoms with Crippen molar-refractivity contribution in [2.45, 2.75) is 37.9 Å². The fourth-order valence-electron chi connectivity index (χ4n) is 3.52. The lowest BCUT2D eigenvalue weighted by Gasteiger charge is -2.26. The third-order valence-electron chi connectivity index (χ3n) is 4.88. The number of benzene rings is 1. The molecule has 4 nitrogen and oxygen atoms in total. The van der Waals surface area contributed by atoms with E-state index in [1.54, 1.807) is 18.3 Å². The summed E-state index contributed by atoms with van der Waals surface area (Å²) in [7, 11) is 0. The number of fused-ring (bicyclic) bond motifs is 1. The van der Waals surface area contributed by atoms with Crippen LogP contribution < -0.4 is 5.32 Å². The maximum Gasteiger partial charge on any atom is 0.416 e. The van der Waals surface area contributed by atoms with E-state index in [2.05, 4.69) is 27.2 Å². The predicted octanol–water partition coefficient (Wildman–Crippen LogP) is 4.50. The summed E-state index contributed by atoms with van der Waals surface area (Å²) in [5.41, 5.74) is 1.88. The van der Waals surface area contributed by atoms with Crippen LogP contribution in [0.3, 0.4) is 0 Å². The number of rotatable bonds is 2. The molecular weight excluding hydrogens is 341 g/mol. The first-order valence-electron chi connectivity index (χ1n) is 8.67. The number of piperidine rings is 1. The third kappa shape index (κ3) is 3.31. The van der Waals surface area contributed by atoms with E-state index in [1.165, 1.54) is 6.07 Å². The highest BCUT2D eigenvalue weighted by Crippen LogP contribution is 2.33. The van der Waals surface area contributed by atoms with E-state index < -0.39 is 11.7 Å². The lowest BCUT2D eigenvalue weighted by atomic mass is 9.92. The number of halogens is 3. The molecule has 2 unspecified atom stereocenters. The number of alkyl halides is 3. The van der Waals surface area contributed by atoms with Crippen LogP contribution in [0.4, 0.5) is 13.2 Å². The normalized spacial score (nSPS) is 21.2. The summed E-state index contributed by atoms with van der Waals surface area (Å²) in [5.74, 6) is 1.11. The number of H-pyrrole nitrogens is 1. The molecule has 0 amide bonds. The van der Waals surface area contributed by atoms with E-state index in [0.29, 0.717) is 23.2 Å². The first-order valence-corrected chi connectivity index (χ1v) is 8.67. The second kappa shape index (κ2) is 6.39. The van der Waals surface area contributed by atoms with E-state index in [4.69, 9.17) is 0 Å². The van der Waals surface area contributed by atoms with E-state index in [0.717, 1.165) is 48.4 Å². The Kier molecular flexibility index (Phi) is 4.19. The summed E-state index contributed by atoms with van der Waals surface area (Å²) in [6, 6.07) is 7.51. The van der Waals surface area contributed by atoms with Gasteiger partial charge < -0.3 is 10.3 Å². The summed E-state index contributed by atoms with van der Waals surface area (Å²) in [4.78, 5) is 12.3. The Morgan fingerprint density at radius 3 is 2.81 bits per heavy atom. The molecule has 7 heteroatoms. The van der Waals surface area contributed by atoms with Gasteiger partial charge in [-0.15, -0.1) is 0 Å². The third-order valence-corrected chi connectivity index (χ3v) is 4.88. The van der Waals surface area contributed by atoms with Gasteiger partial charge in [-0.05, 0) is 50.1 Å². The van der Waals surface area contributed by atoms with E-state index in [9.17, 15) is 13.2 Å². The van der Waals surface area contributed by atoms with Gasteiger partial charge in [0.1, 0.15) is 5.82 Å². The molecule has 4 rings (SSSR count). The predicted molar refractivity (Wildman–Crippen MR) is 93.8 cm³/mol. The lowest BCUT2D eigenvalue weighted by molar-refractivity contribution is -0.137. The minimum absolute atomic E-state index is 0.308. The molecule has 1 fully saturated rings. The Bertz CT molecular complexity index is 932. The maximum atomic E-state index is 12.9. The van der Waals surface area contributed by atoms with Gasteiger partial charge in [0, 0.05) is 17.7 Å². The number of aromatic amines is 1. The fourth-order valence-corrected chi connectivity index (χ4v) is 3.52. The fraction of sp³-hybridized carbons (Fsp3) is 0.368. The molecule has 2 N–H and O–H groups in total. The smallest absolute Gasteiger partial charge is 0.352 e. The number of nitrogens with one attached hydrogen (secondary N) is 2. The van der Waals surface area contributed by atoms with Gasteiger partial charge >= 0.3 is 6.18 Å². The van der Waals surface area contributed by atoms with Crippen molar-refractivity contribution < 1.29 is 13.2 Å². The van der Waals surface area contributed by atoms with Gasteiger partial charge in [0.05, 0.1) is 22.8 Å². The summed E-state index contributed by atoms with van der Waals surface area (Å²) in [6.07, 6.45) is -0.667. The molecule has 0 aliphatic carbocycles. The van der Waals surface area contributed by atoms with E-state index >= 15 is 0 Å². The first kappa shape index (κ1) is 17.0. The number of hydrogen-bond donors (Lipinski definition) is 2. The van der Waals surface area contributed by atoms with Crippen molar-refractivity contribution in [3.63, 3.8) is 0 Å². The van der Waals surface area contributed by atoms with Crippen LogP contribution in [-0.2, 0) is 6.18 Å². The van der Waals surface area contributed by atoms with E-state index in [-0.39, 0.29) is 0 Å². The molecule has 1 aliphatic rings. The molecule has 1 aromatic carbocycles. The Balaban J connectivity index is 1.68. The van der Waals surface area contributed by atoms with Gasteiger partial charge in [-0.2, -0.15) is 13.2 Å². The average molecular weight is 360 g/mol. The summed E-state index contributed by atoms with van der Waals surface area (Å²) < 4.78 is 38.8. The Hall–Kier alpha value is -2.41. The van der Waals surface area contributed by atoms with Crippen LogP contribution in [0.1, 0.15) is 37.1 Å². The van der Waals surface area contributed by atoms with Gasteiger partial charge in [0.25, 0.3) is 0 Å². The molecule has 26 heavy (non-hydrogen) atoms. The Morgan fingerprint density at radius 1 is 1.19 bits per heavy atom. The highest BCUT2D eigenvalue weighted by atomic mass is 19.4. The van der Waals surface area contributed by atoms with Crippen molar-refractivity contribution in [2.24, 2.45) is 0 Å². The van der Waals surface area contributed by atoms with Crippen molar-refractivity contribution in [3.05, 3.63) is 47.9 Å². The zero-order chi connectivity index (χ0) is 18.3. The van der Waals surface area contributed by atoms with Crippen molar-refractivity contribution in [3.8, 4) is 11.3 Å². The van der Waals surface area contributed by atoms with E-state index in [1.807, 2.05) is 0 Å². The zero-order valence-corrected chi connectivity index (χ0v) is 14.3. The molecule has 1 aliphatic heterocycles. The van der Waals surface area contributed by atoms with Crippen LogP contribution in [0.25, 0.3) is 22.3 Å². The molecule has 0 radical (unpaired) electrons. The summed E-state index contributed by atoms with van der Waals surface area (Å²) in [6.45, 7) is 3.09. The number of nitrogens with zero attached hydrogens (tertiary/aromatic N) is 2. The van der Waals surface area contributed by atoms with Gasteiger partial charge in [0.2, 0.25) is 0 Å². The van der Waals surface area contributed by atoms with Crippen LogP contribution >= 0.6 is 0 Å². The maximum absolute atomic E-state index is 12.9. The first-order chi connectivity index (χ1) is 12.4. The van der Waals surface area contributed by atoms with Crippen molar-refractivity contribution in [1.29, 1.82) is 0 Å². The topological polar surface area (TPSA) is 53.6 Å². The van der Waals surface area contributed by atoms with Crippen LogP contribution in [0.15, 0.2) is 36.5 Å². The highest BCUT2D eigenvalue weighted by Gasteiger charge is 2.30. The van der Waals surface area contributed by atoms with Crippen LogP contribution in [0.2, 0.25) is 0 Å².